The molecule has 0 amide bonds. The fourth-order valence-electron chi connectivity index (χ4n) is 5.75. The predicted octanol–water partition coefficient (Wildman–Crippen LogP) is 4.38. The lowest BCUT2D eigenvalue weighted by Gasteiger charge is -2.40. The van der Waals surface area contributed by atoms with Crippen LogP contribution in [0.5, 0.6) is 11.5 Å². The number of pyridine rings is 1. The summed E-state index contributed by atoms with van der Waals surface area (Å²) in [5.41, 5.74) is 2.89. The SMILES string of the molecule is COc1cccc(CN2CCC[C@]3(CCN(Cc4cccn4-c4ccccn4)C3)C2)c1OC. The highest BCUT2D eigenvalue weighted by Gasteiger charge is 2.41. The maximum absolute atomic E-state index is 5.68. The Labute approximate surface area is 196 Å². The summed E-state index contributed by atoms with van der Waals surface area (Å²) in [4.78, 5) is 9.78. The quantitative estimate of drug-likeness (QED) is 0.539. The number of methoxy groups -OCH3 is 2. The summed E-state index contributed by atoms with van der Waals surface area (Å²) >= 11 is 0. The second kappa shape index (κ2) is 9.57. The van der Waals surface area contributed by atoms with Crippen LogP contribution in [-0.2, 0) is 13.1 Å². The Morgan fingerprint density at radius 2 is 1.76 bits per heavy atom. The predicted molar refractivity (Wildman–Crippen MR) is 130 cm³/mol. The molecule has 6 heteroatoms. The summed E-state index contributed by atoms with van der Waals surface area (Å²) < 4.78 is 13.4. The Balaban J connectivity index is 1.25. The van der Waals surface area contributed by atoms with Crippen molar-refractivity contribution in [2.24, 2.45) is 5.41 Å². The van der Waals surface area contributed by atoms with E-state index in [4.69, 9.17) is 9.47 Å². The van der Waals surface area contributed by atoms with Crippen molar-refractivity contribution in [3.05, 3.63) is 72.2 Å². The zero-order valence-corrected chi connectivity index (χ0v) is 19.7. The number of hydrogen-bond acceptors (Lipinski definition) is 5. The number of likely N-dealkylation sites (tertiary alicyclic amines) is 2. The van der Waals surface area contributed by atoms with Gasteiger partial charge in [0.1, 0.15) is 5.82 Å². The van der Waals surface area contributed by atoms with Crippen molar-refractivity contribution in [1.82, 2.24) is 19.4 Å². The number of aromatic nitrogens is 2. The van der Waals surface area contributed by atoms with Gasteiger partial charge >= 0.3 is 0 Å². The molecular weight excluding hydrogens is 412 g/mol. The van der Waals surface area contributed by atoms with E-state index in [0.717, 1.165) is 56.6 Å². The molecule has 0 bridgehead atoms. The highest BCUT2D eigenvalue weighted by Crippen LogP contribution is 2.41. The second-order valence-electron chi connectivity index (χ2n) is 9.48. The van der Waals surface area contributed by atoms with Gasteiger partial charge in [-0.25, -0.2) is 4.98 Å². The first kappa shape index (κ1) is 22.0. The van der Waals surface area contributed by atoms with Crippen LogP contribution in [0.4, 0.5) is 0 Å². The van der Waals surface area contributed by atoms with Crippen LogP contribution in [0.2, 0.25) is 0 Å². The highest BCUT2D eigenvalue weighted by atomic mass is 16.5. The third-order valence-corrected chi connectivity index (χ3v) is 7.25. The van der Waals surface area contributed by atoms with Crippen LogP contribution in [0.15, 0.2) is 60.9 Å². The number of ether oxygens (including phenoxy) is 2. The highest BCUT2D eigenvalue weighted by molar-refractivity contribution is 5.46. The molecule has 0 radical (unpaired) electrons. The third-order valence-electron chi connectivity index (χ3n) is 7.25. The van der Waals surface area contributed by atoms with Crippen LogP contribution in [0, 0.1) is 5.41 Å². The number of benzene rings is 1. The molecule has 4 heterocycles. The molecule has 0 unspecified atom stereocenters. The molecule has 2 aromatic heterocycles. The van der Waals surface area contributed by atoms with Crippen molar-refractivity contribution in [2.75, 3.05) is 40.4 Å². The molecule has 1 aromatic carbocycles. The molecule has 33 heavy (non-hydrogen) atoms. The fourth-order valence-corrected chi connectivity index (χ4v) is 5.75. The van der Waals surface area contributed by atoms with Gasteiger partial charge in [0.05, 0.1) is 14.2 Å². The topological polar surface area (TPSA) is 42.8 Å². The summed E-state index contributed by atoms with van der Waals surface area (Å²) in [7, 11) is 3.43. The first-order valence-corrected chi connectivity index (χ1v) is 11.9. The minimum Gasteiger partial charge on any atom is -0.493 e. The van der Waals surface area contributed by atoms with Gasteiger partial charge in [0.2, 0.25) is 0 Å². The van der Waals surface area contributed by atoms with Crippen LogP contribution in [0.3, 0.4) is 0 Å². The first-order chi connectivity index (χ1) is 16.2. The Bertz CT molecular complexity index is 1070. The van der Waals surface area contributed by atoms with Crippen molar-refractivity contribution in [3.63, 3.8) is 0 Å². The van der Waals surface area contributed by atoms with Gasteiger partial charge in [0, 0.05) is 49.8 Å². The number of nitrogens with zero attached hydrogens (tertiary/aromatic N) is 4. The Hall–Kier alpha value is -2.83. The Kier molecular flexibility index (Phi) is 6.38. The van der Waals surface area contributed by atoms with Gasteiger partial charge in [-0.15, -0.1) is 0 Å². The fraction of sp³-hybridized carbons (Fsp3) is 0.444. The van der Waals surface area contributed by atoms with Crippen LogP contribution >= 0.6 is 0 Å². The molecule has 0 N–H and O–H groups in total. The second-order valence-corrected chi connectivity index (χ2v) is 9.48. The maximum atomic E-state index is 5.68. The molecule has 1 spiro atoms. The smallest absolute Gasteiger partial charge is 0.165 e. The molecular formula is C27H34N4O2. The van der Waals surface area contributed by atoms with Gasteiger partial charge in [-0.2, -0.15) is 0 Å². The Morgan fingerprint density at radius 1 is 0.879 bits per heavy atom. The van der Waals surface area contributed by atoms with E-state index in [1.54, 1.807) is 14.2 Å². The molecule has 0 aliphatic carbocycles. The summed E-state index contributed by atoms with van der Waals surface area (Å²) in [6.07, 6.45) is 7.81. The zero-order valence-electron chi connectivity index (χ0n) is 19.7. The first-order valence-electron chi connectivity index (χ1n) is 11.9. The maximum Gasteiger partial charge on any atom is 0.165 e. The summed E-state index contributed by atoms with van der Waals surface area (Å²) in [5.74, 6) is 2.66. The normalized spacial score (nSPS) is 21.5. The number of rotatable bonds is 7. The standard InChI is InChI=1S/C27H34N4O2/c1-32-24-10-5-8-22(26(24)33-2)18-29-15-7-12-27(20-29)13-17-30(21-27)19-23-9-6-16-31(23)25-11-3-4-14-28-25/h3-6,8-11,14,16H,7,12-13,15,17-21H2,1-2H3/t27-/m0/s1. The summed E-state index contributed by atoms with van der Waals surface area (Å²) in [6.45, 7) is 6.48. The minimum absolute atomic E-state index is 0.382. The van der Waals surface area contributed by atoms with Gasteiger partial charge in [-0.3, -0.25) is 9.80 Å². The van der Waals surface area contributed by atoms with Gasteiger partial charge < -0.3 is 14.0 Å². The van der Waals surface area contributed by atoms with Gasteiger partial charge in [0.15, 0.2) is 11.5 Å². The lowest BCUT2D eigenvalue weighted by molar-refractivity contribution is 0.0857. The molecule has 2 saturated heterocycles. The van der Waals surface area contributed by atoms with Crippen LogP contribution in [0.25, 0.3) is 5.82 Å². The third kappa shape index (κ3) is 4.63. The van der Waals surface area contributed by atoms with Gasteiger partial charge in [-0.1, -0.05) is 18.2 Å². The van der Waals surface area contributed by atoms with E-state index in [2.05, 4.69) is 55.9 Å². The van der Waals surface area contributed by atoms with Crippen molar-refractivity contribution in [3.8, 4) is 17.3 Å². The number of piperidine rings is 1. The molecule has 2 aliphatic rings. The van der Waals surface area contributed by atoms with E-state index in [1.807, 2.05) is 24.4 Å². The lowest BCUT2D eigenvalue weighted by Crippen LogP contribution is -2.44. The lowest BCUT2D eigenvalue weighted by atomic mass is 9.79. The van der Waals surface area contributed by atoms with Crippen LogP contribution in [-0.4, -0.2) is 59.7 Å². The molecule has 2 fully saturated rings. The van der Waals surface area contributed by atoms with Gasteiger partial charge in [0.25, 0.3) is 0 Å². The molecule has 0 saturated carbocycles. The largest absolute Gasteiger partial charge is 0.493 e. The van der Waals surface area contributed by atoms with E-state index >= 15 is 0 Å². The molecule has 6 nitrogen and oxygen atoms in total. The molecule has 5 rings (SSSR count). The van der Waals surface area contributed by atoms with Crippen molar-refractivity contribution in [1.29, 1.82) is 0 Å². The Morgan fingerprint density at radius 3 is 2.55 bits per heavy atom. The van der Waals surface area contributed by atoms with Crippen molar-refractivity contribution >= 4 is 0 Å². The van der Waals surface area contributed by atoms with E-state index in [0.29, 0.717) is 5.41 Å². The molecule has 2 aliphatic heterocycles. The van der Waals surface area contributed by atoms with Crippen molar-refractivity contribution < 1.29 is 9.47 Å². The number of hydrogen-bond donors (Lipinski definition) is 0. The van der Waals surface area contributed by atoms with Crippen molar-refractivity contribution in [2.45, 2.75) is 32.4 Å². The van der Waals surface area contributed by atoms with Crippen LogP contribution < -0.4 is 9.47 Å². The van der Waals surface area contributed by atoms with E-state index in [-0.39, 0.29) is 0 Å². The minimum atomic E-state index is 0.382. The molecule has 3 aromatic rings. The zero-order chi connectivity index (χ0) is 22.7. The summed E-state index contributed by atoms with van der Waals surface area (Å²) in [5, 5.41) is 0. The van der Waals surface area contributed by atoms with Gasteiger partial charge in [-0.05, 0) is 68.1 Å². The van der Waals surface area contributed by atoms with Crippen LogP contribution in [0.1, 0.15) is 30.5 Å². The monoisotopic (exact) mass is 446 g/mol. The van der Waals surface area contributed by atoms with E-state index in [1.165, 1.54) is 30.5 Å². The average molecular weight is 447 g/mol. The van der Waals surface area contributed by atoms with E-state index < -0.39 is 0 Å². The van der Waals surface area contributed by atoms with E-state index in [9.17, 15) is 0 Å². The molecule has 174 valence electrons. The molecule has 1 atom stereocenters. The summed E-state index contributed by atoms with van der Waals surface area (Å²) in [6, 6.07) is 16.6. The number of para-hydroxylation sites is 1. The average Bonchev–Trinajstić information content (AvgIpc) is 3.46.